The number of nitrogens with zero attached hydrogens (tertiary/aromatic N) is 2. The van der Waals surface area contributed by atoms with Crippen LogP contribution in [-0.2, 0) is 31.9 Å². The Labute approximate surface area is 257 Å². The molecule has 44 heavy (non-hydrogen) atoms. The van der Waals surface area contributed by atoms with Crippen LogP contribution in [0.5, 0.6) is 28.7 Å². The Balaban J connectivity index is 1.72. The van der Waals surface area contributed by atoms with E-state index in [0.717, 1.165) is 22.3 Å². The summed E-state index contributed by atoms with van der Waals surface area (Å²) in [7, 11) is 5.13. The van der Waals surface area contributed by atoms with E-state index >= 15 is 0 Å². The molecule has 0 saturated heterocycles. The first-order valence-corrected chi connectivity index (χ1v) is 14.5. The molecule has 5 rings (SSSR count). The molecule has 3 aliphatic rings. The summed E-state index contributed by atoms with van der Waals surface area (Å²) in [5.41, 5.74) is 4.85. The number of nitrogens with one attached hydrogen (secondary N) is 1. The maximum absolute atomic E-state index is 12.3. The number of ether oxygens (including phenoxy) is 7. The van der Waals surface area contributed by atoms with Gasteiger partial charge >= 0.3 is 5.97 Å². The first-order valence-electron chi connectivity index (χ1n) is 14.5. The molecule has 236 valence electrons. The van der Waals surface area contributed by atoms with Crippen LogP contribution in [0.2, 0.25) is 0 Å². The fourth-order valence-electron chi connectivity index (χ4n) is 6.73. The predicted octanol–water partition coefficient (Wildman–Crippen LogP) is 3.58. The molecule has 0 spiro atoms. The van der Waals surface area contributed by atoms with E-state index < -0.39 is 24.2 Å². The lowest BCUT2D eigenvalue weighted by Gasteiger charge is -2.47. The van der Waals surface area contributed by atoms with Gasteiger partial charge in [-0.25, -0.2) is 0 Å². The standard InChI is InChI=1S/C32H39N3O9/c1-16-10-20-11-21(8-9-33)35(5)27(25(20)31(28(16)39-7)40-14-38-6)23-12-22-26(24(44-23)13-34-18(3)36)32-30(41-15-42-32)17(2)29(22)43-19(4)37/h10,21,23-24,27H,8,11-15H2,1-7H3,(H,34,36)/t21-,23?,24+,27-/m1/s1. The van der Waals surface area contributed by atoms with E-state index in [-0.39, 0.29) is 32.1 Å². The van der Waals surface area contributed by atoms with Gasteiger partial charge in [0.25, 0.3) is 0 Å². The van der Waals surface area contributed by atoms with E-state index in [4.69, 9.17) is 33.2 Å². The van der Waals surface area contributed by atoms with Gasteiger partial charge in [-0.3, -0.25) is 14.5 Å². The molecule has 0 saturated carbocycles. The molecular weight excluding hydrogens is 570 g/mol. The fraction of sp³-hybridized carbons (Fsp3) is 0.531. The topological polar surface area (TPSA) is 138 Å². The Morgan fingerprint density at radius 2 is 1.84 bits per heavy atom. The minimum atomic E-state index is -0.665. The van der Waals surface area contributed by atoms with Crippen molar-refractivity contribution in [2.75, 3.05) is 41.4 Å². The molecule has 0 bridgehead atoms. The Kier molecular flexibility index (Phi) is 9.20. The van der Waals surface area contributed by atoms with Crippen molar-refractivity contribution in [3.05, 3.63) is 39.4 Å². The first kappa shape index (κ1) is 31.4. The molecule has 3 heterocycles. The highest BCUT2D eigenvalue weighted by molar-refractivity contribution is 5.75. The zero-order valence-corrected chi connectivity index (χ0v) is 26.2. The van der Waals surface area contributed by atoms with Crippen molar-refractivity contribution in [2.45, 2.75) is 71.2 Å². The number of hydrogen-bond acceptors (Lipinski definition) is 11. The van der Waals surface area contributed by atoms with Crippen LogP contribution in [0.3, 0.4) is 0 Å². The lowest BCUT2D eigenvalue weighted by Crippen LogP contribution is -2.49. The number of rotatable bonds is 9. The third-order valence-corrected chi connectivity index (χ3v) is 8.50. The van der Waals surface area contributed by atoms with E-state index in [1.807, 2.05) is 20.9 Å². The lowest BCUT2D eigenvalue weighted by atomic mass is 9.79. The molecule has 2 aromatic carbocycles. The van der Waals surface area contributed by atoms with Crippen LogP contribution in [0.25, 0.3) is 0 Å². The Morgan fingerprint density at radius 1 is 1.09 bits per heavy atom. The van der Waals surface area contributed by atoms with Crippen LogP contribution in [-0.4, -0.2) is 70.3 Å². The molecule has 1 N–H and O–H groups in total. The molecule has 2 aromatic rings. The van der Waals surface area contributed by atoms with Crippen LogP contribution in [0.4, 0.5) is 0 Å². The maximum atomic E-state index is 12.3. The Hall–Kier alpha value is -4.05. The number of fused-ring (bicyclic) bond motifs is 4. The van der Waals surface area contributed by atoms with Crippen LogP contribution in [0.1, 0.15) is 65.8 Å². The number of methoxy groups -OCH3 is 2. The zero-order valence-electron chi connectivity index (χ0n) is 26.2. The summed E-state index contributed by atoms with van der Waals surface area (Å²) in [4.78, 5) is 26.6. The van der Waals surface area contributed by atoms with Crippen molar-refractivity contribution in [1.82, 2.24) is 10.2 Å². The number of carbonyl (C=O) groups excluding carboxylic acids is 2. The van der Waals surface area contributed by atoms with Crippen LogP contribution in [0.15, 0.2) is 6.07 Å². The van der Waals surface area contributed by atoms with Gasteiger partial charge in [0.05, 0.1) is 31.7 Å². The quantitative estimate of drug-likeness (QED) is 0.254. The van der Waals surface area contributed by atoms with Crippen molar-refractivity contribution in [1.29, 1.82) is 5.26 Å². The molecule has 1 amide bonds. The van der Waals surface area contributed by atoms with Gasteiger partial charge in [-0.15, -0.1) is 0 Å². The number of nitriles is 1. The van der Waals surface area contributed by atoms with Gasteiger partial charge in [-0.1, -0.05) is 6.07 Å². The zero-order chi connectivity index (χ0) is 31.7. The average molecular weight is 610 g/mol. The number of carbonyl (C=O) groups is 2. The van der Waals surface area contributed by atoms with Crippen LogP contribution < -0.4 is 29.0 Å². The normalized spacial score (nSPS) is 22.0. The minimum absolute atomic E-state index is 0.00307. The molecule has 0 aliphatic carbocycles. The van der Waals surface area contributed by atoms with Gasteiger partial charge in [-0.05, 0) is 38.4 Å². The third-order valence-electron chi connectivity index (χ3n) is 8.50. The monoisotopic (exact) mass is 609 g/mol. The summed E-state index contributed by atoms with van der Waals surface area (Å²) in [6.45, 7) is 6.74. The first-order chi connectivity index (χ1) is 21.1. The van der Waals surface area contributed by atoms with Crippen LogP contribution in [0, 0.1) is 25.2 Å². The summed E-state index contributed by atoms with van der Waals surface area (Å²) < 4.78 is 41.8. The lowest BCUT2D eigenvalue weighted by molar-refractivity contribution is -0.132. The van der Waals surface area contributed by atoms with Gasteiger partial charge in [-0.2, -0.15) is 5.26 Å². The highest BCUT2D eigenvalue weighted by Crippen LogP contribution is 2.55. The molecule has 0 fully saturated rings. The smallest absolute Gasteiger partial charge is 0.308 e. The second kappa shape index (κ2) is 12.9. The number of hydrogen-bond donors (Lipinski definition) is 1. The van der Waals surface area contributed by atoms with E-state index in [1.54, 1.807) is 14.2 Å². The molecular formula is C32H39N3O9. The predicted molar refractivity (Wildman–Crippen MR) is 157 cm³/mol. The minimum Gasteiger partial charge on any atom is -0.493 e. The maximum Gasteiger partial charge on any atom is 0.308 e. The summed E-state index contributed by atoms with van der Waals surface area (Å²) in [6.07, 6.45) is 0.0690. The molecule has 0 radical (unpaired) electrons. The Morgan fingerprint density at radius 3 is 2.50 bits per heavy atom. The SMILES string of the molecule is COCOc1c(OC)c(C)cc2c1[C@@H](C1Cc3c(OC(C)=O)c(C)c4c(c3[C@H](CNC(C)=O)O1)OCO4)N(C)[C@H](CC#N)C2. The average Bonchev–Trinajstić information content (AvgIpc) is 3.47. The van der Waals surface area contributed by atoms with Crippen molar-refractivity contribution in [3.63, 3.8) is 0 Å². The number of esters is 1. The number of amides is 1. The van der Waals surface area contributed by atoms with E-state index in [2.05, 4.69) is 22.4 Å². The van der Waals surface area contributed by atoms with Gasteiger partial charge in [0.1, 0.15) is 11.9 Å². The molecule has 12 heteroatoms. The van der Waals surface area contributed by atoms with Gasteiger partial charge in [0.15, 0.2) is 29.8 Å². The van der Waals surface area contributed by atoms with Gasteiger partial charge in [0.2, 0.25) is 12.7 Å². The highest BCUT2D eigenvalue weighted by atomic mass is 16.7. The van der Waals surface area contributed by atoms with Crippen molar-refractivity contribution in [3.8, 4) is 34.8 Å². The second-order valence-corrected chi connectivity index (χ2v) is 11.3. The van der Waals surface area contributed by atoms with E-state index in [1.165, 1.54) is 13.8 Å². The summed E-state index contributed by atoms with van der Waals surface area (Å²) in [6, 6.07) is 3.90. The van der Waals surface area contributed by atoms with Gasteiger partial charge in [0, 0.05) is 62.2 Å². The molecule has 0 aromatic heterocycles. The molecule has 1 unspecified atom stereocenters. The number of likely N-dealkylation sites (N-methyl/N-ethyl adjacent to an activating group) is 1. The molecule has 4 atom stereocenters. The summed E-state index contributed by atoms with van der Waals surface area (Å²) in [5, 5.41) is 12.6. The summed E-state index contributed by atoms with van der Waals surface area (Å²) in [5.74, 6) is 1.84. The van der Waals surface area contributed by atoms with Crippen molar-refractivity contribution in [2.24, 2.45) is 0 Å². The number of benzene rings is 2. The number of aryl methyl sites for hydroxylation is 1. The third kappa shape index (κ3) is 5.63. The second-order valence-electron chi connectivity index (χ2n) is 11.3. The van der Waals surface area contributed by atoms with Crippen LogP contribution >= 0.6 is 0 Å². The summed E-state index contributed by atoms with van der Waals surface area (Å²) >= 11 is 0. The largest absolute Gasteiger partial charge is 0.493 e. The van der Waals surface area contributed by atoms with Crippen molar-refractivity contribution < 1.29 is 42.7 Å². The Bertz CT molecular complexity index is 1500. The van der Waals surface area contributed by atoms with Gasteiger partial charge < -0.3 is 38.5 Å². The fourth-order valence-corrected chi connectivity index (χ4v) is 6.73. The molecule has 12 nitrogen and oxygen atoms in total. The van der Waals surface area contributed by atoms with E-state index in [0.29, 0.717) is 59.1 Å². The highest BCUT2D eigenvalue weighted by Gasteiger charge is 2.46. The molecule has 3 aliphatic heterocycles. The van der Waals surface area contributed by atoms with E-state index in [9.17, 15) is 14.9 Å². The van der Waals surface area contributed by atoms with Crippen molar-refractivity contribution >= 4 is 11.9 Å².